The van der Waals surface area contributed by atoms with Gasteiger partial charge in [-0.25, -0.2) is 0 Å². The molecule has 0 bridgehead atoms. The van der Waals surface area contributed by atoms with Crippen LogP contribution in [-0.4, -0.2) is 5.78 Å². The van der Waals surface area contributed by atoms with Gasteiger partial charge in [-0.3, -0.25) is 4.79 Å². The Kier molecular flexibility index (Phi) is 4.20. The van der Waals surface area contributed by atoms with Gasteiger partial charge in [-0.05, 0) is 37.2 Å². The highest BCUT2D eigenvalue weighted by Gasteiger charge is 2.15. The molecule has 0 atom stereocenters. The quantitative estimate of drug-likeness (QED) is 0.478. The van der Waals surface area contributed by atoms with Gasteiger partial charge in [0.25, 0.3) is 0 Å². The van der Waals surface area contributed by atoms with Crippen LogP contribution in [0.3, 0.4) is 0 Å². The molecule has 0 aromatic carbocycles. The Labute approximate surface area is 81.2 Å². The highest BCUT2D eigenvalue weighted by Crippen LogP contribution is 2.21. The number of ketones is 1. The SMILES string of the molecule is CC(C)CCC/C=C1\CCCC1=O. The van der Waals surface area contributed by atoms with Gasteiger partial charge in [-0.1, -0.05) is 26.3 Å². The Hall–Kier alpha value is -0.590. The lowest BCUT2D eigenvalue weighted by Gasteiger charge is -2.01. The number of Topliss-reactive ketones (excluding diaryl/α,β-unsaturated/α-hetero) is 1. The van der Waals surface area contributed by atoms with Gasteiger partial charge < -0.3 is 0 Å². The predicted molar refractivity (Wildman–Crippen MR) is 55.6 cm³/mol. The minimum absolute atomic E-state index is 0.393. The first kappa shape index (κ1) is 10.5. The molecule has 1 heteroatoms. The number of hydrogen-bond donors (Lipinski definition) is 0. The smallest absolute Gasteiger partial charge is 0.158 e. The largest absolute Gasteiger partial charge is 0.295 e. The lowest BCUT2D eigenvalue weighted by atomic mass is 10.0. The minimum atomic E-state index is 0.393. The van der Waals surface area contributed by atoms with Crippen molar-refractivity contribution in [2.24, 2.45) is 5.92 Å². The van der Waals surface area contributed by atoms with E-state index in [0.29, 0.717) is 5.78 Å². The van der Waals surface area contributed by atoms with E-state index in [2.05, 4.69) is 19.9 Å². The van der Waals surface area contributed by atoms with Crippen LogP contribution in [0.25, 0.3) is 0 Å². The van der Waals surface area contributed by atoms with E-state index >= 15 is 0 Å². The van der Waals surface area contributed by atoms with Crippen molar-refractivity contribution in [1.29, 1.82) is 0 Å². The van der Waals surface area contributed by atoms with Crippen LogP contribution < -0.4 is 0 Å². The summed E-state index contributed by atoms with van der Waals surface area (Å²) in [7, 11) is 0. The molecule has 0 spiro atoms. The molecule has 1 saturated carbocycles. The second-order valence-electron chi connectivity index (χ2n) is 4.33. The molecule has 74 valence electrons. The molecule has 1 aliphatic carbocycles. The Morgan fingerprint density at radius 1 is 1.38 bits per heavy atom. The Morgan fingerprint density at radius 2 is 2.15 bits per heavy atom. The van der Waals surface area contributed by atoms with Gasteiger partial charge in [0, 0.05) is 6.42 Å². The maximum Gasteiger partial charge on any atom is 0.158 e. The molecule has 0 aliphatic heterocycles. The lowest BCUT2D eigenvalue weighted by Crippen LogP contribution is -1.91. The zero-order chi connectivity index (χ0) is 9.68. The fourth-order valence-electron chi connectivity index (χ4n) is 1.76. The molecule has 0 amide bonds. The van der Waals surface area contributed by atoms with Crippen molar-refractivity contribution in [3.8, 4) is 0 Å². The monoisotopic (exact) mass is 180 g/mol. The average molecular weight is 180 g/mol. The van der Waals surface area contributed by atoms with Crippen LogP contribution in [0.5, 0.6) is 0 Å². The van der Waals surface area contributed by atoms with Crippen molar-refractivity contribution < 1.29 is 4.79 Å². The van der Waals surface area contributed by atoms with E-state index < -0.39 is 0 Å². The highest BCUT2D eigenvalue weighted by molar-refractivity contribution is 5.97. The first-order valence-corrected chi connectivity index (χ1v) is 5.42. The zero-order valence-corrected chi connectivity index (χ0v) is 8.81. The summed E-state index contributed by atoms with van der Waals surface area (Å²) in [5.74, 6) is 1.18. The van der Waals surface area contributed by atoms with Gasteiger partial charge in [0.2, 0.25) is 0 Å². The van der Waals surface area contributed by atoms with E-state index in [1.807, 2.05) is 0 Å². The van der Waals surface area contributed by atoms with Crippen LogP contribution in [-0.2, 0) is 4.79 Å². The second kappa shape index (κ2) is 5.21. The molecule has 0 radical (unpaired) electrons. The molecular weight excluding hydrogens is 160 g/mol. The maximum absolute atomic E-state index is 11.2. The van der Waals surface area contributed by atoms with E-state index in [0.717, 1.165) is 37.2 Å². The Bertz CT molecular complexity index is 201. The normalized spacial score (nSPS) is 20.5. The van der Waals surface area contributed by atoms with Gasteiger partial charge >= 0.3 is 0 Å². The molecule has 0 aromatic heterocycles. The van der Waals surface area contributed by atoms with Crippen LogP contribution in [0.1, 0.15) is 52.4 Å². The average Bonchev–Trinajstić information content (AvgIpc) is 2.45. The third kappa shape index (κ3) is 3.75. The second-order valence-corrected chi connectivity index (χ2v) is 4.33. The van der Waals surface area contributed by atoms with Crippen molar-refractivity contribution >= 4 is 5.78 Å². The molecule has 0 unspecified atom stereocenters. The summed E-state index contributed by atoms with van der Waals surface area (Å²) < 4.78 is 0. The Morgan fingerprint density at radius 3 is 2.69 bits per heavy atom. The third-order valence-corrected chi connectivity index (χ3v) is 2.58. The molecule has 0 aromatic rings. The molecule has 0 N–H and O–H groups in total. The fraction of sp³-hybridized carbons (Fsp3) is 0.750. The van der Waals surface area contributed by atoms with Gasteiger partial charge in [0.15, 0.2) is 5.78 Å². The molecule has 0 heterocycles. The first-order valence-electron chi connectivity index (χ1n) is 5.42. The maximum atomic E-state index is 11.2. The van der Waals surface area contributed by atoms with Crippen molar-refractivity contribution in [1.82, 2.24) is 0 Å². The van der Waals surface area contributed by atoms with Crippen molar-refractivity contribution in [3.05, 3.63) is 11.6 Å². The summed E-state index contributed by atoms with van der Waals surface area (Å²) in [6, 6.07) is 0. The summed E-state index contributed by atoms with van der Waals surface area (Å²) in [5, 5.41) is 0. The standard InChI is InChI=1S/C12H20O/c1-10(2)6-3-4-7-11-8-5-9-12(11)13/h7,10H,3-6,8-9H2,1-2H3/b11-7+. The van der Waals surface area contributed by atoms with Crippen molar-refractivity contribution in [2.45, 2.75) is 52.4 Å². The van der Waals surface area contributed by atoms with E-state index in [4.69, 9.17) is 0 Å². The number of carbonyl (C=O) groups excluding carboxylic acids is 1. The molecular formula is C12H20O. The van der Waals surface area contributed by atoms with Crippen molar-refractivity contribution in [2.75, 3.05) is 0 Å². The fourth-order valence-corrected chi connectivity index (χ4v) is 1.76. The summed E-state index contributed by atoms with van der Waals surface area (Å²) in [6.07, 6.45) is 8.66. The number of rotatable bonds is 4. The van der Waals surface area contributed by atoms with E-state index in [1.165, 1.54) is 12.8 Å². The van der Waals surface area contributed by atoms with Crippen LogP contribution in [0.4, 0.5) is 0 Å². The topological polar surface area (TPSA) is 17.1 Å². The number of hydrogen-bond acceptors (Lipinski definition) is 1. The minimum Gasteiger partial charge on any atom is -0.295 e. The van der Waals surface area contributed by atoms with E-state index in [1.54, 1.807) is 0 Å². The number of carbonyl (C=O) groups is 1. The van der Waals surface area contributed by atoms with Gasteiger partial charge in [-0.15, -0.1) is 0 Å². The molecule has 13 heavy (non-hydrogen) atoms. The molecule has 1 nitrogen and oxygen atoms in total. The van der Waals surface area contributed by atoms with Gasteiger partial charge in [-0.2, -0.15) is 0 Å². The summed E-state index contributed by atoms with van der Waals surface area (Å²) in [6.45, 7) is 4.49. The van der Waals surface area contributed by atoms with Crippen LogP contribution >= 0.6 is 0 Å². The third-order valence-electron chi connectivity index (χ3n) is 2.58. The van der Waals surface area contributed by atoms with E-state index in [-0.39, 0.29) is 0 Å². The van der Waals surface area contributed by atoms with Gasteiger partial charge in [0.05, 0.1) is 0 Å². The van der Waals surface area contributed by atoms with E-state index in [9.17, 15) is 4.79 Å². The predicted octanol–water partition coefficient (Wildman–Crippen LogP) is 3.49. The summed E-state index contributed by atoms with van der Waals surface area (Å²) in [5.41, 5.74) is 1.10. The zero-order valence-electron chi connectivity index (χ0n) is 8.81. The summed E-state index contributed by atoms with van der Waals surface area (Å²) in [4.78, 5) is 11.2. The Balaban J connectivity index is 2.20. The lowest BCUT2D eigenvalue weighted by molar-refractivity contribution is -0.114. The number of allylic oxidation sites excluding steroid dienone is 2. The molecule has 0 saturated heterocycles. The highest BCUT2D eigenvalue weighted by atomic mass is 16.1. The van der Waals surface area contributed by atoms with Crippen molar-refractivity contribution in [3.63, 3.8) is 0 Å². The van der Waals surface area contributed by atoms with Crippen LogP contribution in [0.2, 0.25) is 0 Å². The molecule has 1 aliphatic rings. The molecule has 1 rings (SSSR count). The number of unbranched alkanes of at least 4 members (excludes halogenated alkanes) is 1. The molecule has 1 fully saturated rings. The van der Waals surface area contributed by atoms with Crippen LogP contribution in [0.15, 0.2) is 11.6 Å². The van der Waals surface area contributed by atoms with Gasteiger partial charge in [0.1, 0.15) is 0 Å². The summed E-state index contributed by atoms with van der Waals surface area (Å²) >= 11 is 0. The first-order chi connectivity index (χ1) is 6.20. The van der Waals surface area contributed by atoms with Crippen LogP contribution in [0, 0.1) is 5.92 Å².